The number of rotatable bonds is 4. The lowest BCUT2D eigenvalue weighted by molar-refractivity contribution is -0.383. The molecule has 4 aromatic heterocycles. The minimum absolute atomic E-state index is 0.00134. The molecule has 4 aromatic carbocycles. The Morgan fingerprint density at radius 2 is 0.864 bits per heavy atom. The molecule has 32 heteroatoms. The molecule has 0 unspecified atom stereocenters. The van der Waals surface area contributed by atoms with Gasteiger partial charge in [0.25, 0.3) is 11.8 Å². The summed E-state index contributed by atoms with van der Waals surface area (Å²) in [5.74, 6) is 0.503. The van der Waals surface area contributed by atoms with Gasteiger partial charge in [0.15, 0.2) is 26.1 Å². The number of fused-ring (bicyclic) bond motifs is 4. The van der Waals surface area contributed by atoms with Crippen LogP contribution in [0.3, 0.4) is 0 Å². The van der Waals surface area contributed by atoms with Gasteiger partial charge in [-0.05, 0) is 24.3 Å². The first kappa shape index (κ1) is 52.3. The van der Waals surface area contributed by atoms with Crippen LogP contribution in [0.15, 0.2) is 33.9 Å². The van der Waals surface area contributed by atoms with Gasteiger partial charge >= 0.3 is 22.5 Å². The van der Waals surface area contributed by atoms with E-state index in [2.05, 4.69) is 39.9 Å². The molecular weight excluding hydrogens is 1130 g/mol. The van der Waals surface area contributed by atoms with Crippen LogP contribution in [0.1, 0.15) is 0 Å². The number of nitrogens with one attached hydrogen (secondary N) is 2. The van der Waals surface area contributed by atoms with Crippen molar-refractivity contribution in [2.24, 2.45) is 0 Å². The largest absolute Gasteiger partial charge is 0.477 e. The maximum absolute atomic E-state index is 11.1. The van der Waals surface area contributed by atoms with Crippen LogP contribution in [0.4, 0.5) is 22.7 Å². The number of nitro benzene ring substituents is 2. The van der Waals surface area contributed by atoms with Gasteiger partial charge < -0.3 is 30.9 Å². The van der Waals surface area contributed by atoms with Crippen LogP contribution in [-0.4, -0.2) is 63.9 Å². The Bertz CT molecular complexity index is 3430. The van der Waals surface area contributed by atoms with E-state index in [1.165, 1.54) is 32.4 Å². The highest BCUT2D eigenvalue weighted by molar-refractivity contribution is 6.47. The van der Waals surface area contributed by atoms with E-state index in [9.17, 15) is 29.8 Å². The minimum atomic E-state index is -1.00. The molecule has 4 heterocycles. The topological polar surface area (TPSA) is 300 Å². The predicted molar refractivity (Wildman–Crippen MR) is 259 cm³/mol. The molecule has 344 valence electrons. The maximum Gasteiger partial charge on any atom is 0.317 e. The monoisotopic (exact) mass is 1140 g/mol. The summed E-state index contributed by atoms with van der Waals surface area (Å²) >= 11 is 69.1. The van der Waals surface area contributed by atoms with Crippen LogP contribution in [0.25, 0.3) is 44.1 Å². The van der Waals surface area contributed by atoms with Gasteiger partial charge in [-0.2, -0.15) is 0 Å². The van der Waals surface area contributed by atoms with Crippen LogP contribution >= 0.6 is 139 Å². The van der Waals surface area contributed by atoms with Gasteiger partial charge in [-0.3, -0.25) is 29.8 Å². The Morgan fingerprint density at radius 3 is 1.35 bits per heavy atom. The lowest BCUT2D eigenvalue weighted by Crippen LogP contribution is -2.29. The highest BCUT2D eigenvalue weighted by atomic mass is 35.5. The third-order valence-electron chi connectivity index (χ3n) is 8.02. The number of hydrogen-bond donors (Lipinski definition) is 4. The molecule has 0 bridgehead atoms. The first-order chi connectivity index (χ1) is 30.9. The molecule has 8 aromatic rings. The number of methoxy groups -OCH3 is 2. The molecule has 20 nitrogen and oxygen atoms in total. The second kappa shape index (κ2) is 21.5. The Labute approximate surface area is 425 Å². The number of nitrogen functional groups attached to an aromatic ring is 2. The van der Waals surface area contributed by atoms with Crippen molar-refractivity contribution in [3.63, 3.8) is 0 Å². The number of hydrogen-bond acceptors (Lipinski definition) is 16. The molecule has 0 fully saturated rings. The van der Waals surface area contributed by atoms with Gasteiger partial charge in [0.2, 0.25) is 0 Å². The number of halogens is 12. The normalized spacial score (nSPS) is 10.8. The van der Waals surface area contributed by atoms with Crippen LogP contribution in [0.2, 0.25) is 60.8 Å². The quantitative estimate of drug-likeness (QED) is 0.0551. The van der Waals surface area contributed by atoms with E-state index in [1.54, 1.807) is 6.07 Å². The molecule has 0 aliphatic heterocycles. The SMILES string of the molecule is COc1nc2cc(Cl)c(Cl)c(N)c2nc1OC.Nc1c(Cl)c(Cl)cc2nc(Cl)c(Cl)nc12.O=[N+]([O-])c1c(Cl)c(Cl)cc2nc(Cl)c(Cl)nc12.O=c1[nH]c2cc(Cl)c(Cl)c([N+](=O)[O-])c2[nH]c1=O. The fraction of sp³-hybridized carbons (Fsp3) is 0.0588. The van der Waals surface area contributed by atoms with Crippen LogP contribution in [-0.2, 0) is 0 Å². The zero-order chi connectivity index (χ0) is 49.2. The second-order valence-electron chi connectivity index (χ2n) is 12.0. The van der Waals surface area contributed by atoms with E-state index in [1.807, 2.05) is 0 Å². The van der Waals surface area contributed by atoms with Crippen molar-refractivity contribution in [1.29, 1.82) is 0 Å². The summed E-state index contributed by atoms with van der Waals surface area (Å²) in [6, 6.07) is 5.67. The minimum Gasteiger partial charge on any atom is -0.477 e. The fourth-order valence-electron chi connectivity index (χ4n) is 5.13. The highest BCUT2D eigenvalue weighted by Crippen LogP contribution is 2.40. The first-order valence-corrected chi connectivity index (χ1v) is 21.2. The van der Waals surface area contributed by atoms with Gasteiger partial charge in [0, 0.05) is 0 Å². The van der Waals surface area contributed by atoms with Crippen molar-refractivity contribution in [1.82, 2.24) is 39.9 Å². The van der Waals surface area contributed by atoms with Gasteiger partial charge in [-0.1, -0.05) is 139 Å². The van der Waals surface area contributed by atoms with E-state index in [0.29, 0.717) is 32.1 Å². The average molecular weight is 1150 g/mol. The molecule has 6 N–H and O–H groups in total. The Hall–Kier alpha value is -4.68. The zero-order valence-corrected chi connectivity index (χ0v) is 40.9. The van der Waals surface area contributed by atoms with Gasteiger partial charge in [0.1, 0.15) is 26.6 Å². The molecule has 0 saturated heterocycles. The third-order valence-corrected chi connectivity index (χ3v) is 12.4. The van der Waals surface area contributed by atoms with Gasteiger partial charge in [-0.15, -0.1) is 0 Å². The van der Waals surface area contributed by atoms with E-state index in [-0.39, 0.29) is 95.9 Å². The average Bonchev–Trinajstić information content (AvgIpc) is 3.25. The molecule has 0 aliphatic rings. The van der Waals surface area contributed by atoms with Crippen molar-refractivity contribution in [2.75, 3.05) is 25.7 Å². The number of aromatic amines is 2. The third kappa shape index (κ3) is 11.0. The lowest BCUT2D eigenvalue weighted by Gasteiger charge is -2.09. The second-order valence-corrected chi connectivity index (χ2v) is 16.6. The summed E-state index contributed by atoms with van der Waals surface area (Å²) in [7, 11) is 2.94. The smallest absolute Gasteiger partial charge is 0.317 e. The number of H-pyrrole nitrogens is 2. The molecule has 0 atom stereocenters. The Morgan fingerprint density at radius 1 is 0.500 bits per heavy atom. The Kier molecular flexibility index (Phi) is 17.0. The van der Waals surface area contributed by atoms with Crippen LogP contribution in [0, 0.1) is 20.2 Å². The lowest BCUT2D eigenvalue weighted by atomic mass is 10.2. The molecule has 66 heavy (non-hydrogen) atoms. The summed E-state index contributed by atoms with van der Waals surface area (Å²) in [6.07, 6.45) is 0. The summed E-state index contributed by atoms with van der Waals surface area (Å²) in [4.78, 5) is 70.7. The Balaban J connectivity index is 0.000000165. The van der Waals surface area contributed by atoms with Crippen molar-refractivity contribution in [2.45, 2.75) is 0 Å². The molecule has 0 aliphatic carbocycles. The molecule has 0 amide bonds. The standard InChI is InChI=1S/C10H9Cl2N3O2.C8HCl4N3O2.C8H3Cl4N3.C8H3Cl2N3O4/c1-16-9-10(17-2)15-8-5(14-9)3-4(11)6(12)7(8)13;9-2-1-3-5(6(4(2)10)15(16)17)14-8(12)7(11)13-3;9-2-1-3-6(5(13)4(2)10)15-8(12)7(11)14-3;9-2-1-3-5(6(4(2)10)13(16)17)12-8(15)7(14)11-3/h3H,13H2,1-2H3;1H;1H,13H2;1H,(H,11,14)(H,12,15). The summed E-state index contributed by atoms with van der Waals surface area (Å²) in [5, 5.41) is 22.2. The number of nitro groups is 2. The van der Waals surface area contributed by atoms with Crippen LogP contribution < -0.4 is 32.1 Å². The summed E-state index contributed by atoms with van der Waals surface area (Å²) < 4.78 is 10.1. The molecule has 0 saturated carbocycles. The number of nitrogens with zero attached hydrogens (tertiary/aromatic N) is 8. The van der Waals surface area contributed by atoms with Crippen molar-refractivity contribution < 1.29 is 19.3 Å². The maximum atomic E-state index is 11.1. The number of anilines is 2. The molecule has 0 spiro atoms. The zero-order valence-electron chi connectivity index (χ0n) is 31.8. The number of aromatic nitrogens is 8. The summed E-state index contributed by atoms with van der Waals surface area (Å²) in [6.45, 7) is 0. The van der Waals surface area contributed by atoms with Gasteiger partial charge in [0.05, 0.1) is 87.6 Å². The van der Waals surface area contributed by atoms with E-state index < -0.39 is 32.3 Å². The number of benzene rings is 4. The molecule has 8 rings (SSSR count). The predicted octanol–water partition coefficient (Wildman–Crippen LogP) is 11.9. The summed E-state index contributed by atoms with van der Waals surface area (Å²) in [5.41, 5.74) is 10.8. The number of ether oxygens (including phenoxy) is 2. The van der Waals surface area contributed by atoms with Gasteiger partial charge in [-0.25, -0.2) is 29.9 Å². The van der Waals surface area contributed by atoms with Crippen molar-refractivity contribution >= 4 is 206 Å². The molecular formula is C34H16Cl12N12O8. The highest BCUT2D eigenvalue weighted by Gasteiger charge is 2.25. The van der Waals surface area contributed by atoms with E-state index >= 15 is 0 Å². The number of nitrogens with two attached hydrogens (primary N) is 2. The molecule has 0 radical (unpaired) electrons. The first-order valence-electron chi connectivity index (χ1n) is 16.6. The van der Waals surface area contributed by atoms with Crippen molar-refractivity contribution in [3.05, 3.63) is 126 Å². The van der Waals surface area contributed by atoms with E-state index in [0.717, 1.165) is 0 Å². The fourth-order valence-corrected chi connectivity index (χ4v) is 7.17. The van der Waals surface area contributed by atoms with Crippen LogP contribution in [0.5, 0.6) is 11.8 Å². The van der Waals surface area contributed by atoms with E-state index in [4.69, 9.17) is 160 Å². The van der Waals surface area contributed by atoms with Crippen molar-refractivity contribution in [3.8, 4) is 11.8 Å².